The lowest BCUT2D eigenvalue weighted by Crippen LogP contribution is -2.74. The summed E-state index contributed by atoms with van der Waals surface area (Å²) in [6.07, 6.45) is -22.0. The third-order valence-electron chi connectivity index (χ3n) is 9.28. The summed E-state index contributed by atoms with van der Waals surface area (Å²) in [5, 5.41) is 0. The van der Waals surface area contributed by atoms with Crippen LogP contribution in [0, 0.1) is 0 Å². The molecular weight excluding hydrogens is 755 g/mol. The molecule has 5 aromatic rings. The van der Waals surface area contributed by atoms with Crippen LogP contribution in [-0.4, -0.2) is 17.7 Å². The number of rotatable bonds is 8. The Bertz CT molecular complexity index is 1760. The molecule has 0 aliphatic carbocycles. The molecule has 54 heavy (non-hydrogen) atoms. The largest absolute Gasteiger partial charge is 0.416 e. The summed E-state index contributed by atoms with van der Waals surface area (Å²) in [5.41, 5.74) is -3.10. The van der Waals surface area contributed by atoms with Gasteiger partial charge >= 0.3 is 24.7 Å². The fraction of sp³-hybridized carbons (Fsp3) is 0.231. The van der Waals surface area contributed by atoms with Crippen LogP contribution in [0.5, 0.6) is 0 Å². The summed E-state index contributed by atoms with van der Waals surface area (Å²) in [5.74, 6) is 2.32. The molecule has 0 aliphatic heterocycles. The van der Waals surface area contributed by atoms with Gasteiger partial charge < -0.3 is 0 Å². The Morgan fingerprint density at radius 1 is 0.407 bits per heavy atom. The molecule has 0 aliphatic rings. The van der Waals surface area contributed by atoms with E-state index >= 15 is 0 Å². The van der Waals surface area contributed by atoms with Crippen molar-refractivity contribution in [2.75, 3.05) is 11.5 Å². The molecule has 0 spiro atoms. The predicted octanol–water partition coefficient (Wildman–Crippen LogP) is 9.87. The van der Waals surface area contributed by atoms with Gasteiger partial charge in [0, 0.05) is 5.56 Å². The first-order valence-corrected chi connectivity index (χ1v) is 18.5. The zero-order valence-corrected chi connectivity index (χ0v) is 29.5. The standard InChI is InChI=1S/C28H16BF12.C11H17OS/c30-25(31,32)17-1-9-21(10-2-17)29(22-11-3-18(4-12-22)26(33,34)35,23-13-5-19(6-14-23)27(36,37)38)24-15-7-20(8-16-24)28(39,40)41;1-3-13(12,4-2)10-11-8-6-5-7-9-11/h1-16H;5-9H,3-4,10H2,1-2H3/q-1;+1. The van der Waals surface area contributed by atoms with Crippen LogP contribution in [0.25, 0.3) is 0 Å². The van der Waals surface area contributed by atoms with Crippen molar-refractivity contribution in [1.29, 1.82) is 0 Å². The second kappa shape index (κ2) is 16.1. The van der Waals surface area contributed by atoms with E-state index in [0.717, 1.165) is 65.8 Å². The van der Waals surface area contributed by atoms with Gasteiger partial charge in [-0.2, -0.15) is 74.5 Å². The molecule has 0 fully saturated rings. The molecule has 15 heteroatoms. The number of hydrogen-bond donors (Lipinski definition) is 0. The van der Waals surface area contributed by atoms with Gasteiger partial charge in [-0.15, -0.1) is 4.21 Å². The molecule has 1 nitrogen and oxygen atoms in total. The quantitative estimate of drug-likeness (QED) is 0.0870. The van der Waals surface area contributed by atoms with Crippen molar-refractivity contribution in [2.45, 2.75) is 44.3 Å². The van der Waals surface area contributed by atoms with Gasteiger partial charge in [0.2, 0.25) is 0 Å². The topological polar surface area (TPSA) is 17.1 Å². The Balaban J connectivity index is 0.000000422. The van der Waals surface area contributed by atoms with E-state index < -0.39 is 63.0 Å². The van der Waals surface area contributed by atoms with Crippen LogP contribution in [-0.2, 0) is 44.6 Å². The van der Waals surface area contributed by atoms with Gasteiger partial charge in [-0.3, -0.25) is 0 Å². The SMILES string of the molecule is CC[S+](=O)(CC)Cc1ccccc1.FC(F)(F)c1ccc([B-](c2ccc(C(F)(F)F)cc2)(c2ccc(C(F)(F)F)cc2)c2ccc(C(F)(F)F)cc2)cc1. The van der Waals surface area contributed by atoms with E-state index in [2.05, 4.69) is 0 Å². The van der Waals surface area contributed by atoms with Crippen LogP contribution in [0.1, 0.15) is 41.7 Å². The summed E-state index contributed by atoms with van der Waals surface area (Å²) in [6.45, 7) is 4.02. The molecule has 0 atom stereocenters. The van der Waals surface area contributed by atoms with Gasteiger partial charge in [0.15, 0.2) is 0 Å². The normalized spacial score (nSPS) is 12.9. The van der Waals surface area contributed by atoms with Crippen LogP contribution in [0.3, 0.4) is 0 Å². The van der Waals surface area contributed by atoms with Gasteiger partial charge in [-0.25, -0.2) is 0 Å². The van der Waals surface area contributed by atoms with Crippen molar-refractivity contribution in [3.05, 3.63) is 155 Å². The Morgan fingerprint density at radius 3 is 0.852 bits per heavy atom. The maximum atomic E-state index is 13.3. The minimum Gasteiger partial charge on any atom is -0.195 e. The van der Waals surface area contributed by atoms with E-state index in [9.17, 15) is 56.9 Å². The van der Waals surface area contributed by atoms with Gasteiger partial charge in [0.1, 0.15) is 23.4 Å². The number of halogens is 12. The summed E-state index contributed by atoms with van der Waals surface area (Å²) in [4.78, 5) is 0. The molecule has 0 heterocycles. The second-order valence-corrected chi connectivity index (χ2v) is 15.9. The van der Waals surface area contributed by atoms with E-state index in [0.29, 0.717) is 48.5 Å². The first-order chi connectivity index (χ1) is 25.0. The fourth-order valence-electron chi connectivity index (χ4n) is 6.28. The lowest BCUT2D eigenvalue weighted by Gasteiger charge is -2.44. The highest BCUT2D eigenvalue weighted by Gasteiger charge is 2.38. The first-order valence-electron chi connectivity index (χ1n) is 16.4. The molecule has 0 radical (unpaired) electrons. The second-order valence-electron chi connectivity index (χ2n) is 12.5. The van der Waals surface area contributed by atoms with E-state index in [1.807, 2.05) is 44.2 Å². The summed E-state index contributed by atoms with van der Waals surface area (Å²) >= 11 is 0. The van der Waals surface area contributed by atoms with Gasteiger partial charge in [0.25, 0.3) is 0 Å². The Kier molecular flexibility index (Phi) is 12.6. The Labute approximate surface area is 305 Å². The zero-order valence-electron chi connectivity index (χ0n) is 28.7. The van der Waals surface area contributed by atoms with E-state index in [1.54, 1.807) is 0 Å². The minimum absolute atomic E-state index is 0.0114. The average Bonchev–Trinajstić information content (AvgIpc) is 3.12. The fourth-order valence-corrected chi connectivity index (χ4v) is 7.90. The molecule has 288 valence electrons. The maximum absolute atomic E-state index is 13.3. The Morgan fingerprint density at radius 2 is 0.648 bits per heavy atom. The first kappa shape index (κ1) is 42.2. The summed E-state index contributed by atoms with van der Waals surface area (Å²) < 4.78 is 172. The summed E-state index contributed by atoms with van der Waals surface area (Å²) in [7, 11) is -1.62. The molecule has 5 rings (SSSR count). The van der Waals surface area contributed by atoms with Crippen LogP contribution in [0.2, 0.25) is 0 Å². The van der Waals surface area contributed by atoms with Crippen LogP contribution < -0.4 is 21.9 Å². The van der Waals surface area contributed by atoms with Crippen molar-refractivity contribution in [1.82, 2.24) is 0 Å². The molecule has 0 saturated carbocycles. The molecule has 0 amide bonds. The van der Waals surface area contributed by atoms with Crippen molar-refractivity contribution in [3.63, 3.8) is 0 Å². The zero-order chi connectivity index (χ0) is 40.2. The van der Waals surface area contributed by atoms with Crippen molar-refractivity contribution >= 4 is 37.9 Å². The maximum Gasteiger partial charge on any atom is 0.416 e. The smallest absolute Gasteiger partial charge is 0.195 e. The third kappa shape index (κ3) is 9.76. The van der Waals surface area contributed by atoms with Crippen molar-refractivity contribution < 1.29 is 56.9 Å². The lowest BCUT2D eigenvalue weighted by molar-refractivity contribution is -0.138. The highest BCUT2D eigenvalue weighted by Crippen LogP contribution is 2.32. The molecule has 0 unspecified atom stereocenters. The molecule has 0 saturated heterocycles. The van der Waals surface area contributed by atoms with Gasteiger partial charge in [-0.1, -0.05) is 127 Å². The molecule has 0 aromatic heterocycles. The number of hydrogen-bond acceptors (Lipinski definition) is 1. The third-order valence-corrected chi connectivity index (χ3v) is 12.2. The van der Waals surface area contributed by atoms with E-state index in [-0.39, 0.29) is 21.9 Å². The van der Waals surface area contributed by atoms with Crippen molar-refractivity contribution in [2.24, 2.45) is 0 Å². The molecule has 0 N–H and O–H groups in total. The Hall–Kier alpha value is -4.53. The van der Waals surface area contributed by atoms with Gasteiger partial charge in [-0.05, 0) is 13.8 Å². The van der Waals surface area contributed by atoms with Crippen LogP contribution in [0.4, 0.5) is 52.7 Å². The van der Waals surface area contributed by atoms with E-state index in [4.69, 9.17) is 0 Å². The lowest BCUT2D eigenvalue weighted by atomic mass is 9.13. The average molecular weight is 789 g/mol. The van der Waals surface area contributed by atoms with Crippen LogP contribution >= 0.6 is 0 Å². The highest BCUT2D eigenvalue weighted by atomic mass is 32.2. The number of alkyl halides is 12. The van der Waals surface area contributed by atoms with E-state index in [1.165, 1.54) is 5.56 Å². The predicted molar refractivity (Wildman–Crippen MR) is 189 cm³/mol. The minimum atomic E-state index is -4.77. The molecular formula is C39H33BF12OS. The molecule has 5 aromatic carbocycles. The summed E-state index contributed by atoms with van der Waals surface area (Å²) in [6, 6.07) is 23.6. The highest BCUT2D eigenvalue weighted by molar-refractivity contribution is 8.02. The molecule has 0 bridgehead atoms. The van der Waals surface area contributed by atoms with Gasteiger partial charge in [0.05, 0.1) is 32.2 Å². The van der Waals surface area contributed by atoms with Crippen molar-refractivity contribution in [3.8, 4) is 0 Å². The van der Waals surface area contributed by atoms with Crippen LogP contribution in [0.15, 0.2) is 127 Å². The monoisotopic (exact) mass is 788 g/mol. The number of benzene rings is 5.